The molecule has 2 N–H and O–H groups in total. The van der Waals surface area contributed by atoms with E-state index in [0.717, 1.165) is 12.5 Å². The zero-order chi connectivity index (χ0) is 10.2. The van der Waals surface area contributed by atoms with Crippen LogP contribution in [0.15, 0.2) is 0 Å². The largest absolute Gasteiger partial charge is 0.330 e. The summed E-state index contributed by atoms with van der Waals surface area (Å²) in [5.41, 5.74) is 5.66. The monoisotopic (exact) mass is 216 g/mol. The number of unbranched alkanes of at least 4 members (excludes halogenated alkanes) is 2. The quantitative estimate of drug-likeness (QED) is 0.658. The van der Waals surface area contributed by atoms with Gasteiger partial charge in [0.1, 0.15) is 0 Å². The van der Waals surface area contributed by atoms with Crippen molar-refractivity contribution in [1.29, 1.82) is 0 Å². The molecule has 1 saturated heterocycles. The number of rotatable bonds is 7. The molecule has 0 aromatic rings. The van der Waals surface area contributed by atoms with Gasteiger partial charge in [-0.25, -0.2) is 0 Å². The standard InChI is InChI=1S/C11H24N2S/c1-14-8-4-2-3-6-13-7-5-11(9-12)10-13/h11H,2-10,12H2,1H3. The minimum Gasteiger partial charge on any atom is -0.330 e. The molecule has 84 valence electrons. The highest BCUT2D eigenvalue weighted by Gasteiger charge is 2.19. The lowest BCUT2D eigenvalue weighted by molar-refractivity contribution is 0.317. The normalized spacial score (nSPS) is 23.1. The number of thioether (sulfide) groups is 1. The Balaban J connectivity index is 1.92. The molecule has 0 aromatic carbocycles. The van der Waals surface area contributed by atoms with E-state index in [1.165, 1.54) is 51.1 Å². The molecule has 0 bridgehead atoms. The van der Waals surface area contributed by atoms with E-state index in [-0.39, 0.29) is 0 Å². The first-order chi connectivity index (χ1) is 6.86. The highest BCUT2D eigenvalue weighted by atomic mass is 32.2. The summed E-state index contributed by atoms with van der Waals surface area (Å²) in [7, 11) is 0. The molecule has 1 unspecified atom stereocenters. The second kappa shape index (κ2) is 7.55. The third-order valence-corrected chi connectivity index (χ3v) is 3.72. The predicted molar refractivity (Wildman–Crippen MR) is 65.8 cm³/mol. The molecule has 3 heteroatoms. The first-order valence-corrected chi connectivity index (χ1v) is 7.17. The van der Waals surface area contributed by atoms with Crippen molar-refractivity contribution in [3.63, 3.8) is 0 Å². The second-order valence-electron chi connectivity index (χ2n) is 4.24. The Kier molecular flexibility index (Phi) is 6.65. The first kappa shape index (κ1) is 12.3. The molecule has 1 rings (SSSR count). The average Bonchev–Trinajstić information content (AvgIpc) is 2.65. The number of nitrogens with zero attached hydrogens (tertiary/aromatic N) is 1. The van der Waals surface area contributed by atoms with Gasteiger partial charge in [0.25, 0.3) is 0 Å². The molecule has 2 nitrogen and oxygen atoms in total. The van der Waals surface area contributed by atoms with Crippen LogP contribution in [0.3, 0.4) is 0 Å². The molecule has 1 heterocycles. The fraction of sp³-hybridized carbons (Fsp3) is 1.00. The Labute approximate surface area is 92.6 Å². The molecule has 1 fully saturated rings. The van der Waals surface area contributed by atoms with Gasteiger partial charge in [0.05, 0.1) is 0 Å². The van der Waals surface area contributed by atoms with Crippen molar-refractivity contribution in [3.8, 4) is 0 Å². The lowest BCUT2D eigenvalue weighted by Gasteiger charge is -2.15. The van der Waals surface area contributed by atoms with Gasteiger partial charge in [-0.05, 0) is 56.8 Å². The predicted octanol–water partition coefficient (Wildman–Crippen LogP) is 1.80. The lowest BCUT2D eigenvalue weighted by Crippen LogP contribution is -2.24. The fourth-order valence-corrected chi connectivity index (χ4v) is 2.56. The summed E-state index contributed by atoms with van der Waals surface area (Å²) < 4.78 is 0. The summed E-state index contributed by atoms with van der Waals surface area (Å²) >= 11 is 1.96. The van der Waals surface area contributed by atoms with Gasteiger partial charge in [-0.15, -0.1) is 0 Å². The highest BCUT2D eigenvalue weighted by molar-refractivity contribution is 7.98. The topological polar surface area (TPSA) is 29.3 Å². The smallest absolute Gasteiger partial charge is 0.00222 e. The Morgan fingerprint density at radius 1 is 1.36 bits per heavy atom. The van der Waals surface area contributed by atoms with Crippen LogP contribution >= 0.6 is 11.8 Å². The van der Waals surface area contributed by atoms with Crippen LogP contribution in [0.25, 0.3) is 0 Å². The van der Waals surface area contributed by atoms with Crippen LogP contribution in [-0.4, -0.2) is 43.1 Å². The third kappa shape index (κ3) is 4.67. The van der Waals surface area contributed by atoms with Gasteiger partial charge in [0.15, 0.2) is 0 Å². The highest BCUT2D eigenvalue weighted by Crippen LogP contribution is 2.15. The maximum atomic E-state index is 5.66. The Hall–Kier alpha value is 0.270. The van der Waals surface area contributed by atoms with Gasteiger partial charge in [-0.1, -0.05) is 6.42 Å². The fourth-order valence-electron chi connectivity index (χ4n) is 2.07. The average molecular weight is 216 g/mol. The Bertz CT molecular complexity index is 141. The summed E-state index contributed by atoms with van der Waals surface area (Å²) in [6, 6.07) is 0. The van der Waals surface area contributed by atoms with Gasteiger partial charge in [0, 0.05) is 6.54 Å². The van der Waals surface area contributed by atoms with E-state index in [1.807, 2.05) is 11.8 Å². The minimum absolute atomic E-state index is 0.779. The van der Waals surface area contributed by atoms with Gasteiger partial charge in [-0.2, -0.15) is 11.8 Å². The summed E-state index contributed by atoms with van der Waals surface area (Å²) in [6.07, 6.45) is 7.66. The zero-order valence-electron chi connectivity index (χ0n) is 9.37. The SMILES string of the molecule is CSCCCCCN1CCC(CN)C1. The van der Waals surface area contributed by atoms with Crippen LogP contribution in [0, 0.1) is 5.92 Å². The maximum Gasteiger partial charge on any atom is 0.00222 e. The number of likely N-dealkylation sites (tertiary alicyclic amines) is 1. The summed E-state index contributed by atoms with van der Waals surface area (Å²) in [4.78, 5) is 2.58. The van der Waals surface area contributed by atoms with E-state index in [9.17, 15) is 0 Å². The molecule has 0 spiro atoms. The Morgan fingerprint density at radius 3 is 2.86 bits per heavy atom. The van der Waals surface area contributed by atoms with Crippen LogP contribution in [0.2, 0.25) is 0 Å². The van der Waals surface area contributed by atoms with E-state index in [0.29, 0.717) is 0 Å². The van der Waals surface area contributed by atoms with Crippen LogP contribution in [0.1, 0.15) is 25.7 Å². The van der Waals surface area contributed by atoms with Gasteiger partial charge in [0.2, 0.25) is 0 Å². The van der Waals surface area contributed by atoms with E-state index in [1.54, 1.807) is 0 Å². The third-order valence-electron chi connectivity index (χ3n) is 3.03. The summed E-state index contributed by atoms with van der Waals surface area (Å²) in [5, 5.41) is 0. The lowest BCUT2D eigenvalue weighted by atomic mass is 10.1. The van der Waals surface area contributed by atoms with Crippen molar-refractivity contribution >= 4 is 11.8 Å². The molecule has 14 heavy (non-hydrogen) atoms. The molecule has 1 aliphatic rings. The maximum absolute atomic E-state index is 5.66. The molecule has 0 aliphatic carbocycles. The van der Waals surface area contributed by atoms with E-state index < -0.39 is 0 Å². The summed E-state index contributed by atoms with van der Waals surface area (Å²) in [6.45, 7) is 4.71. The number of nitrogens with two attached hydrogens (primary N) is 1. The molecule has 1 atom stereocenters. The van der Waals surface area contributed by atoms with E-state index in [2.05, 4.69) is 11.2 Å². The second-order valence-corrected chi connectivity index (χ2v) is 5.23. The molecule has 0 saturated carbocycles. The molecule has 0 aromatic heterocycles. The van der Waals surface area contributed by atoms with Crippen molar-refractivity contribution in [2.75, 3.05) is 38.2 Å². The molecule has 1 aliphatic heterocycles. The number of hydrogen-bond acceptors (Lipinski definition) is 3. The first-order valence-electron chi connectivity index (χ1n) is 5.78. The van der Waals surface area contributed by atoms with Gasteiger partial charge < -0.3 is 10.6 Å². The zero-order valence-corrected chi connectivity index (χ0v) is 10.2. The number of hydrogen-bond donors (Lipinski definition) is 1. The van der Waals surface area contributed by atoms with Crippen LogP contribution in [0.5, 0.6) is 0 Å². The van der Waals surface area contributed by atoms with Crippen LogP contribution in [0.4, 0.5) is 0 Å². The van der Waals surface area contributed by atoms with Crippen molar-refractivity contribution < 1.29 is 0 Å². The molecule has 0 amide bonds. The van der Waals surface area contributed by atoms with E-state index >= 15 is 0 Å². The molecular formula is C11H24N2S. The van der Waals surface area contributed by atoms with Crippen LogP contribution < -0.4 is 5.73 Å². The molecule has 0 radical (unpaired) electrons. The minimum atomic E-state index is 0.779. The van der Waals surface area contributed by atoms with Crippen molar-refractivity contribution in [2.45, 2.75) is 25.7 Å². The van der Waals surface area contributed by atoms with Gasteiger partial charge in [-0.3, -0.25) is 0 Å². The van der Waals surface area contributed by atoms with Crippen molar-refractivity contribution in [2.24, 2.45) is 11.7 Å². The van der Waals surface area contributed by atoms with Crippen molar-refractivity contribution in [1.82, 2.24) is 4.90 Å². The van der Waals surface area contributed by atoms with Crippen LogP contribution in [-0.2, 0) is 0 Å². The van der Waals surface area contributed by atoms with Gasteiger partial charge >= 0.3 is 0 Å². The summed E-state index contributed by atoms with van der Waals surface area (Å²) in [5.74, 6) is 2.10. The van der Waals surface area contributed by atoms with E-state index in [4.69, 9.17) is 5.73 Å². The molecular weight excluding hydrogens is 192 g/mol. The van der Waals surface area contributed by atoms with Crippen molar-refractivity contribution in [3.05, 3.63) is 0 Å². The Morgan fingerprint density at radius 2 is 2.21 bits per heavy atom.